The van der Waals surface area contributed by atoms with E-state index in [0.717, 1.165) is 24.8 Å². The van der Waals surface area contributed by atoms with Crippen molar-refractivity contribution in [1.29, 1.82) is 0 Å². The van der Waals surface area contributed by atoms with Gasteiger partial charge in [0.2, 0.25) is 0 Å². The second-order valence-corrected chi connectivity index (χ2v) is 5.45. The molecule has 0 aliphatic heterocycles. The number of carbonyl (C=O) groups is 1. The lowest BCUT2D eigenvalue weighted by Crippen LogP contribution is -2.44. The van der Waals surface area contributed by atoms with E-state index >= 15 is 0 Å². The third kappa shape index (κ3) is 3.53. The van der Waals surface area contributed by atoms with Gasteiger partial charge in [-0.2, -0.15) is 0 Å². The summed E-state index contributed by atoms with van der Waals surface area (Å²) in [7, 11) is 0. The normalized spacial score (nSPS) is 18.1. The molecule has 1 aliphatic rings. The molecule has 0 atom stereocenters. The maximum absolute atomic E-state index is 13.6. The number of benzene rings is 1. The van der Waals surface area contributed by atoms with Crippen LogP contribution >= 0.6 is 0 Å². The molecule has 0 unspecified atom stereocenters. The van der Waals surface area contributed by atoms with E-state index in [1.807, 2.05) is 0 Å². The number of halogens is 1. The Balaban J connectivity index is 1.97. The Morgan fingerprint density at radius 2 is 2.05 bits per heavy atom. The highest BCUT2D eigenvalue weighted by molar-refractivity contribution is 5.94. The van der Waals surface area contributed by atoms with Gasteiger partial charge in [0.05, 0.1) is 11.2 Å². The zero-order chi connectivity index (χ0) is 13.9. The number of hydrogen-bond donors (Lipinski definition) is 2. The van der Waals surface area contributed by atoms with Crippen LogP contribution in [0.25, 0.3) is 0 Å². The Hall–Kier alpha value is -1.42. The maximum Gasteiger partial charge on any atom is 0.254 e. The van der Waals surface area contributed by atoms with Crippen molar-refractivity contribution in [2.45, 2.75) is 44.6 Å². The molecule has 1 fully saturated rings. The quantitative estimate of drug-likeness (QED) is 0.882. The van der Waals surface area contributed by atoms with Crippen molar-refractivity contribution < 1.29 is 14.3 Å². The van der Waals surface area contributed by atoms with Crippen LogP contribution in [-0.2, 0) is 0 Å². The van der Waals surface area contributed by atoms with Gasteiger partial charge in [-0.15, -0.1) is 0 Å². The van der Waals surface area contributed by atoms with Crippen LogP contribution in [0.2, 0.25) is 0 Å². The summed E-state index contributed by atoms with van der Waals surface area (Å²) in [6.07, 6.45) is 4.48. The molecule has 1 amide bonds. The summed E-state index contributed by atoms with van der Waals surface area (Å²) in [5.74, 6) is -0.982. The number of aliphatic hydroxyl groups is 1. The second kappa shape index (κ2) is 5.70. The summed E-state index contributed by atoms with van der Waals surface area (Å²) in [4.78, 5) is 11.9. The Labute approximate surface area is 112 Å². The van der Waals surface area contributed by atoms with Crippen LogP contribution in [0.15, 0.2) is 18.2 Å². The van der Waals surface area contributed by atoms with Crippen molar-refractivity contribution in [3.8, 4) is 0 Å². The topological polar surface area (TPSA) is 49.3 Å². The first-order valence-electron chi connectivity index (χ1n) is 6.77. The van der Waals surface area contributed by atoms with Gasteiger partial charge in [-0.1, -0.05) is 25.3 Å². The molecule has 2 rings (SSSR count). The largest absolute Gasteiger partial charge is 0.388 e. The van der Waals surface area contributed by atoms with Gasteiger partial charge in [-0.3, -0.25) is 4.79 Å². The zero-order valence-corrected chi connectivity index (χ0v) is 11.2. The number of carbonyl (C=O) groups excluding carboxylic acids is 1. The zero-order valence-electron chi connectivity index (χ0n) is 11.2. The van der Waals surface area contributed by atoms with Crippen LogP contribution in [0.1, 0.15) is 48.0 Å². The highest BCUT2D eigenvalue weighted by Crippen LogP contribution is 2.27. The number of rotatable bonds is 3. The average Bonchev–Trinajstić information content (AvgIpc) is 2.37. The van der Waals surface area contributed by atoms with E-state index in [2.05, 4.69) is 5.32 Å². The Morgan fingerprint density at radius 1 is 1.37 bits per heavy atom. The smallest absolute Gasteiger partial charge is 0.254 e. The van der Waals surface area contributed by atoms with Crippen LogP contribution in [0.5, 0.6) is 0 Å². The lowest BCUT2D eigenvalue weighted by atomic mass is 9.85. The van der Waals surface area contributed by atoms with E-state index in [9.17, 15) is 14.3 Å². The van der Waals surface area contributed by atoms with E-state index in [4.69, 9.17) is 0 Å². The van der Waals surface area contributed by atoms with Gasteiger partial charge >= 0.3 is 0 Å². The summed E-state index contributed by atoms with van der Waals surface area (Å²) in [6, 6.07) is 4.52. The number of amides is 1. The first kappa shape index (κ1) is 14.0. The minimum Gasteiger partial charge on any atom is -0.388 e. The van der Waals surface area contributed by atoms with Crippen molar-refractivity contribution in [3.63, 3.8) is 0 Å². The molecule has 104 valence electrons. The van der Waals surface area contributed by atoms with Crippen molar-refractivity contribution in [2.75, 3.05) is 6.54 Å². The standard InChI is InChI=1S/C15H20FNO2/c1-11-5-6-12(13(16)9-11)14(18)17-10-15(19)7-3-2-4-8-15/h5-6,9,19H,2-4,7-8,10H2,1H3,(H,17,18). The summed E-state index contributed by atoms with van der Waals surface area (Å²) in [5.41, 5.74) is -0.0142. The van der Waals surface area contributed by atoms with E-state index in [-0.39, 0.29) is 12.1 Å². The minimum atomic E-state index is -0.824. The predicted molar refractivity (Wildman–Crippen MR) is 71.5 cm³/mol. The molecule has 1 aromatic carbocycles. The molecule has 0 spiro atoms. The minimum absolute atomic E-state index is 0.0324. The number of aryl methyl sites for hydroxylation is 1. The number of nitrogens with one attached hydrogen (secondary N) is 1. The number of hydrogen-bond acceptors (Lipinski definition) is 2. The molecule has 3 nitrogen and oxygen atoms in total. The Bertz CT molecular complexity index is 467. The van der Waals surface area contributed by atoms with Crippen molar-refractivity contribution >= 4 is 5.91 Å². The fraction of sp³-hybridized carbons (Fsp3) is 0.533. The molecule has 1 saturated carbocycles. The molecular formula is C15H20FNO2. The molecule has 0 aromatic heterocycles. The lowest BCUT2D eigenvalue weighted by Gasteiger charge is -2.32. The SMILES string of the molecule is Cc1ccc(C(=O)NCC2(O)CCCCC2)c(F)c1. The highest BCUT2D eigenvalue weighted by atomic mass is 19.1. The maximum atomic E-state index is 13.6. The predicted octanol–water partition coefficient (Wildman–Crippen LogP) is 2.56. The molecule has 1 aromatic rings. The summed E-state index contributed by atoms with van der Waals surface area (Å²) >= 11 is 0. The summed E-state index contributed by atoms with van der Waals surface area (Å²) < 4.78 is 13.6. The Morgan fingerprint density at radius 3 is 2.68 bits per heavy atom. The third-order valence-electron chi connectivity index (χ3n) is 3.73. The van der Waals surface area contributed by atoms with Gasteiger partial charge in [0, 0.05) is 6.54 Å². The molecule has 4 heteroatoms. The van der Waals surface area contributed by atoms with Gasteiger partial charge in [0.15, 0.2) is 0 Å². The first-order chi connectivity index (χ1) is 9.00. The summed E-state index contributed by atoms with van der Waals surface area (Å²) in [6.45, 7) is 1.97. The van der Waals surface area contributed by atoms with Crippen molar-refractivity contribution in [3.05, 3.63) is 35.1 Å². The van der Waals surface area contributed by atoms with Gasteiger partial charge in [0.25, 0.3) is 5.91 Å². The van der Waals surface area contributed by atoms with Crippen molar-refractivity contribution in [1.82, 2.24) is 5.32 Å². The molecule has 0 radical (unpaired) electrons. The first-order valence-corrected chi connectivity index (χ1v) is 6.77. The molecule has 1 aliphatic carbocycles. The van der Waals surface area contributed by atoms with Gasteiger partial charge in [-0.25, -0.2) is 4.39 Å². The van der Waals surface area contributed by atoms with Crippen LogP contribution in [-0.4, -0.2) is 23.2 Å². The second-order valence-electron chi connectivity index (χ2n) is 5.45. The van der Waals surface area contributed by atoms with E-state index in [0.29, 0.717) is 12.8 Å². The average molecular weight is 265 g/mol. The molecule has 0 heterocycles. The monoisotopic (exact) mass is 265 g/mol. The van der Waals surface area contributed by atoms with E-state index < -0.39 is 17.3 Å². The molecule has 0 bridgehead atoms. The van der Waals surface area contributed by atoms with Gasteiger partial charge < -0.3 is 10.4 Å². The van der Waals surface area contributed by atoms with Crippen LogP contribution in [0.3, 0.4) is 0 Å². The fourth-order valence-corrected chi connectivity index (χ4v) is 2.53. The molecule has 19 heavy (non-hydrogen) atoms. The lowest BCUT2D eigenvalue weighted by molar-refractivity contribution is 0.00521. The van der Waals surface area contributed by atoms with E-state index in [1.165, 1.54) is 12.1 Å². The van der Waals surface area contributed by atoms with Gasteiger partial charge in [-0.05, 0) is 37.5 Å². The molecular weight excluding hydrogens is 245 g/mol. The highest BCUT2D eigenvalue weighted by Gasteiger charge is 2.29. The summed E-state index contributed by atoms with van der Waals surface area (Å²) in [5, 5.41) is 12.9. The Kier molecular flexibility index (Phi) is 4.20. The third-order valence-corrected chi connectivity index (χ3v) is 3.73. The van der Waals surface area contributed by atoms with Crippen LogP contribution in [0.4, 0.5) is 4.39 Å². The van der Waals surface area contributed by atoms with Crippen LogP contribution in [0, 0.1) is 12.7 Å². The van der Waals surface area contributed by atoms with Crippen molar-refractivity contribution in [2.24, 2.45) is 0 Å². The van der Waals surface area contributed by atoms with Crippen LogP contribution < -0.4 is 5.32 Å². The van der Waals surface area contributed by atoms with Gasteiger partial charge in [0.1, 0.15) is 5.82 Å². The molecule has 2 N–H and O–H groups in total. The molecule has 0 saturated heterocycles. The van der Waals surface area contributed by atoms with E-state index in [1.54, 1.807) is 13.0 Å². The fourth-order valence-electron chi connectivity index (χ4n) is 2.53.